The molecule has 2 aromatic rings. The van der Waals surface area contributed by atoms with Gasteiger partial charge in [0.2, 0.25) is 5.91 Å². The molecule has 0 radical (unpaired) electrons. The van der Waals surface area contributed by atoms with Crippen LogP contribution in [0.3, 0.4) is 0 Å². The highest BCUT2D eigenvalue weighted by Gasteiger charge is 2.43. The smallest absolute Gasteiger partial charge is 0.269 e. The zero-order chi connectivity index (χ0) is 21.5. The Morgan fingerprint density at radius 1 is 1.16 bits per heavy atom. The molecule has 0 aromatic heterocycles. The minimum Gasteiger partial charge on any atom is -0.365 e. The zero-order valence-electron chi connectivity index (χ0n) is 17.2. The summed E-state index contributed by atoms with van der Waals surface area (Å²) in [7, 11) is 0. The molecular weight excluding hydrogens is 416 g/mol. The average Bonchev–Trinajstić information content (AvgIpc) is 3.58. The van der Waals surface area contributed by atoms with E-state index in [2.05, 4.69) is 15.1 Å². The largest absolute Gasteiger partial charge is 0.365 e. The summed E-state index contributed by atoms with van der Waals surface area (Å²) < 4.78 is 0. The average molecular weight is 441 g/mol. The van der Waals surface area contributed by atoms with Gasteiger partial charge in [0.25, 0.3) is 5.69 Å². The second-order valence-corrected chi connectivity index (χ2v) is 9.22. The van der Waals surface area contributed by atoms with E-state index in [9.17, 15) is 14.9 Å². The second kappa shape index (κ2) is 8.13. The highest BCUT2D eigenvalue weighted by molar-refractivity contribution is 6.30. The van der Waals surface area contributed by atoms with Crippen LogP contribution in [0.4, 0.5) is 11.4 Å². The monoisotopic (exact) mass is 440 g/mol. The number of benzene rings is 2. The third kappa shape index (κ3) is 4.25. The van der Waals surface area contributed by atoms with Crippen LogP contribution in [0.15, 0.2) is 42.5 Å². The van der Waals surface area contributed by atoms with Crippen molar-refractivity contribution < 1.29 is 9.72 Å². The lowest BCUT2D eigenvalue weighted by molar-refractivity contribution is -0.384. The maximum Gasteiger partial charge on any atom is 0.269 e. The number of nitrogens with zero attached hydrogens (tertiary/aromatic N) is 3. The molecule has 1 amide bonds. The van der Waals surface area contributed by atoms with E-state index in [4.69, 9.17) is 11.6 Å². The quantitative estimate of drug-likeness (QED) is 0.569. The summed E-state index contributed by atoms with van der Waals surface area (Å²) in [4.78, 5) is 28.7. The lowest BCUT2D eigenvalue weighted by Crippen LogP contribution is -2.61. The number of nitro benzene ring substituents is 1. The number of halogens is 1. The van der Waals surface area contributed by atoms with Crippen molar-refractivity contribution in [3.05, 3.63) is 68.7 Å². The number of amides is 1. The standard InChI is InChI=1S/C23H25ClN4O3/c24-17-3-1-15(2-4-17)13-26-9-10-27-21-8-7-19(28(30)31)11-16(21)12-20(22(27)14-26)23(29)25-18-5-6-18/h1-4,7-8,11,18,20,22H,5-6,9-10,12-14H2,(H,25,29)/t20-,22-/m1/s1. The molecule has 3 aliphatic rings. The Bertz CT molecular complexity index is 1010. The number of nitro groups is 1. The minimum absolute atomic E-state index is 0.0498. The van der Waals surface area contributed by atoms with Crippen molar-refractivity contribution in [2.45, 2.75) is 37.9 Å². The van der Waals surface area contributed by atoms with E-state index in [0.29, 0.717) is 12.5 Å². The Morgan fingerprint density at radius 2 is 1.94 bits per heavy atom. The lowest BCUT2D eigenvalue weighted by atomic mass is 9.83. The van der Waals surface area contributed by atoms with E-state index in [1.807, 2.05) is 30.3 Å². The first-order valence-corrected chi connectivity index (χ1v) is 11.2. The van der Waals surface area contributed by atoms with Gasteiger partial charge >= 0.3 is 0 Å². The Morgan fingerprint density at radius 3 is 2.65 bits per heavy atom. The van der Waals surface area contributed by atoms with Crippen LogP contribution in [0.1, 0.15) is 24.0 Å². The molecule has 2 aliphatic heterocycles. The SMILES string of the molecule is O=C(NC1CC1)[C@@H]1Cc2cc([N+](=O)[O-])ccc2N2CCN(Cc3ccc(Cl)cc3)C[C@H]12. The number of hydrogen-bond donors (Lipinski definition) is 1. The molecule has 2 heterocycles. The fourth-order valence-electron chi connectivity index (χ4n) is 4.81. The van der Waals surface area contributed by atoms with E-state index in [0.717, 1.165) is 55.3 Å². The number of carbonyl (C=O) groups excluding carboxylic acids is 1. The minimum atomic E-state index is -0.365. The highest BCUT2D eigenvalue weighted by atomic mass is 35.5. The normalized spacial score (nSPS) is 23.1. The lowest BCUT2D eigenvalue weighted by Gasteiger charge is -2.49. The van der Waals surface area contributed by atoms with E-state index < -0.39 is 0 Å². The van der Waals surface area contributed by atoms with Crippen molar-refractivity contribution in [1.29, 1.82) is 0 Å². The Hall–Kier alpha value is -2.64. The van der Waals surface area contributed by atoms with Gasteiger partial charge in [-0.2, -0.15) is 0 Å². The van der Waals surface area contributed by atoms with Gasteiger partial charge in [-0.25, -0.2) is 0 Å². The molecule has 0 spiro atoms. The number of piperazine rings is 1. The molecule has 2 atom stereocenters. The van der Waals surface area contributed by atoms with Crippen LogP contribution in [0, 0.1) is 16.0 Å². The number of fused-ring (bicyclic) bond motifs is 3. The summed E-state index contributed by atoms with van der Waals surface area (Å²) in [6.07, 6.45) is 2.61. The number of carbonyl (C=O) groups is 1. The van der Waals surface area contributed by atoms with Crippen LogP contribution >= 0.6 is 11.6 Å². The Labute approximate surface area is 186 Å². The fraction of sp³-hybridized carbons (Fsp3) is 0.435. The fourth-order valence-corrected chi connectivity index (χ4v) is 4.94. The summed E-state index contributed by atoms with van der Waals surface area (Å²) in [5.41, 5.74) is 3.20. The van der Waals surface area contributed by atoms with Crippen LogP contribution in [-0.2, 0) is 17.8 Å². The number of hydrogen-bond acceptors (Lipinski definition) is 5. The van der Waals surface area contributed by atoms with Crippen molar-refractivity contribution in [3.8, 4) is 0 Å². The molecule has 1 saturated carbocycles. The summed E-state index contributed by atoms with van der Waals surface area (Å²) in [5.74, 6) is -0.147. The van der Waals surface area contributed by atoms with Crippen LogP contribution in [0.5, 0.6) is 0 Å². The van der Waals surface area contributed by atoms with E-state index in [1.165, 1.54) is 5.56 Å². The van der Waals surface area contributed by atoms with Gasteiger partial charge in [0.05, 0.1) is 16.9 Å². The van der Waals surface area contributed by atoms with E-state index >= 15 is 0 Å². The van der Waals surface area contributed by atoms with Crippen LogP contribution in [0.2, 0.25) is 5.02 Å². The number of non-ortho nitro benzene ring substituents is 1. The molecule has 7 nitrogen and oxygen atoms in total. The number of rotatable bonds is 5. The summed E-state index contributed by atoms with van der Waals surface area (Å²) in [6, 6.07) is 13.3. The summed E-state index contributed by atoms with van der Waals surface area (Å²) in [5, 5.41) is 15.2. The number of nitrogens with one attached hydrogen (secondary N) is 1. The first-order chi connectivity index (χ1) is 15.0. The molecule has 162 valence electrons. The molecule has 0 bridgehead atoms. The van der Waals surface area contributed by atoms with Crippen molar-refractivity contribution in [2.24, 2.45) is 5.92 Å². The third-order valence-electron chi connectivity index (χ3n) is 6.57. The van der Waals surface area contributed by atoms with Gasteiger partial charge < -0.3 is 10.2 Å². The van der Waals surface area contributed by atoms with Gasteiger partial charge in [-0.05, 0) is 48.6 Å². The molecule has 5 rings (SSSR count). The summed E-state index contributed by atoms with van der Waals surface area (Å²) >= 11 is 6.02. The van der Waals surface area contributed by atoms with Crippen molar-refractivity contribution in [3.63, 3.8) is 0 Å². The molecular formula is C23H25ClN4O3. The van der Waals surface area contributed by atoms with Gasteiger partial charge in [0.1, 0.15) is 0 Å². The maximum atomic E-state index is 13.1. The van der Waals surface area contributed by atoms with Crippen LogP contribution in [0.25, 0.3) is 0 Å². The molecule has 8 heteroatoms. The van der Waals surface area contributed by atoms with E-state index in [-0.39, 0.29) is 28.5 Å². The van der Waals surface area contributed by atoms with Gasteiger partial charge in [0, 0.05) is 55.1 Å². The highest BCUT2D eigenvalue weighted by Crippen LogP contribution is 2.38. The summed E-state index contributed by atoms with van der Waals surface area (Å²) in [6.45, 7) is 3.25. The molecule has 0 unspecified atom stereocenters. The van der Waals surface area contributed by atoms with Gasteiger partial charge in [-0.1, -0.05) is 23.7 Å². The van der Waals surface area contributed by atoms with Crippen LogP contribution in [-0.4, -0.2) is 47.4 Å². The zero-order valence-corrected chi connectivity index (χ0v) is 17.9. The predicted octanol–water partition coefficient (Wildman–Crippen LogP) is 3.39. The molecule has 2 aromatic carbocycles. The van der Waals surface area contributed by atoms with Crippen molar-refractivity contribution in [2.75, 3.05) is 24.5 Å². The Balaban J connectivity index is 1.41. The molecule has 1 aliphatic carbocycles. The first-order valence-electron chi connectivity index (χ1n) is 10.8. The Kier molecular flexibility index (Phi) is 5.32. The second-order valence-electron chi connectivity index (χ2n) is 8.79. The predicted molar refractivity (Wildman–Crippen MR) is 119 cm³/mol. The molecule has 2 fully saturated rings. The maximum absolute atomic E-state index is 13.1. The molecule has 31 heavy (non-hydrogen) atoms. The van der Waals surface area contributed by atoms with Crippen molar-refractivity contribution >= 4 is 28.9 Å². The van der Waals surface area contributed by atoms with Crippen LogP contribution < -0.4 is 10.2 Å². The van der Waals surface area contributed by atoms with Gasteiger partial charge in [0.15, 0.2) is 0 Å². The third-order valence-corrected chi connectivity index (χ3v) is 6.82. The van der Waals surface area contributed by atoms with Gasteiger partial charge in [-0.3, -0.25) is 19.8 Å². The number of anilines is 1. The molecule has 1 N–H and O–H groups in total. The van der Waals surface area contributed by atoms with Crippen molar-refractivity contribution in [1.82, 2.24) is 10.2 Å². The topological polar surface area (TPSA) is 78.7 Å². The van der Waals surface area contributed by atoms with E-state index in [1.54, 1.807) is 12.1 Å². The molecule has 1 saturated heterocycles. The van der Waals surface area contributed by atoms with Gasteiger partial charge in [-0.15, -0.1) is 0 Å². The first kappa shape index (κ1) is 20.3.